The monoisotopic (exact) mass is 389 g/mol. The number of hydrogen-bond acceptors (Lipinski definition) is 4. The third-order valence-corrected chi connectivity index (χ3v) is 4.83. The number of carbonyl (C=O) groups excluding carboxylic acids is 1. The summed E-state index contributed by atoms with van der Waals surface area (Å²) in [6.45, 7) is 2.89. The molecule has 0 aliphatic rings. The van der Waals surface area contributed by atoms with Crippen molar-refractivity contribution in [3.05, 3.63) is 64.7 Å². The summed E-state index contributed by atoms with van der Waals surface area (Å²) in [5, 5.41) is 3.51. The lowest BCUT2D eigenvalue weighted by molar-refractivity contribution is -0.116. The Kier molecular flexibility index (Phi) is 5.37. The van der Waals surface area contributed by atoms with Crippen LogP contribution in [-0.2, 0) is 17.8 Å². The maximum absolute atomic E-state index is 12.5. The van der Waals surface area contributed by atoms with E-state index in [1.54, 1.807) is 6.07 Å². The zero-order chi connectivity index (χ0) is 20.2. The summed E-state index contributed by atoms with van der Waals surface area (Å²) in [6, 6.07) is 15.1. The number of imidazole rings is 1. The molecule has 2 heterocycles. The van der Waals surface area contributed by atoms with Crippen LogP contribution in [0.3, 0.4) is 0 Å². The first-order chi connectivity index (χ1) is 14.2. The van der Waals surface area contributed by atoms with Crippen LogP contribution in [0.15, 0.2) is 53.3 Å². The van der Waals surface area contributed by atoms with Crippen molar-refractivity contribution >= 4 is 33.8 Å². The van der Waals surface area contributed by atoms with Crippen molar-refractivity contribution in [3.63, 3.8) is 0 Å². The highest BCUT2D eigenvalue weighted by molar-refractivity contribution is 5.91. The molecule has 0 unspecified atom stereocenters. The van der Waals surface area contributed by atoms with Crippen LogP contribution in [0.25, 0.3) is 21.9 Å². The van der Waals surface area contributed by atoms with Crippen LogP contribution in [-0.4, -0.2) is 25.4 Å². The van der Waals surface area contributed by atoms with Gasteiger partial charge in [-0.05, 0) is 37.1 Å². The van der Waals surface area contributed by atoms with E-state index in [4.69, 9.17) is 0 Å². The molecule has 4 rings (SSSR count). The van der Waals surface area contributed by atoms with E-state index in [-0.39, 0.29) is 11.5 Å². The predicted molar refractivity (Wildman–Crippen MR) is 114 cm³/mol. The highest BCUT2D eigenvalue weighted by atomic mass is 16.1. The highest BCUT2D eigenvalue weighted by Gasteiger charge is 2.13. The van der Waals surface area contributed by atoms with Gasteiger partial charge in [0.25, 0.3) is 5.56 Å². The molecule has 2 aromatic heterocycles. The second-order valence-electron chi connectivity index (χ2n) is 7.01. The second-order valence-corrected chi connectivity index (χ2v) is 7.01. The molecule has 7 nitrogen and oxygen atoms in total. The molecule has 2 aromatic carbocycles. The number of aryl methyl sites for hydroxylation is 2. The van der Waals surface area contributed by atoms with E-state index in [1.807, 2.05) is 47.0 Å². The molecule has 0 atom stereocenters. The van der Waals surface area contributed by atoms with Crippen LogP contribution in [0.4, 0.5) is 5.95 Å². The number of fused-ring (bicyclic) bond motifs is 2. The number of nitrogens with zero attached hydrogens (tertiary/aromatic N) is 3. The number of hydrogen-bond donors (Lipinski definition) is 2. The number of benzene rings is 2. The number of amides is 1. The smallest absolute Gasteiger partial charge is 0.258 e. The minimum absolute atomic E-state index is 0.0965. The van der Waals surface area contributed by atoms with E-state index in [2.05, 4.69) is 27.2 Å². The average Bonchev–Trinajstić information content (AvgIpc) is 3.05. The Balaban J connectivity index is 1.41. The fraction of sp³-hybridized carbons (Fsp3) is 0.273. The molecule has 4 aromatic rings. The van der Waals surface area contributed by atoms with Gasteiger partial charge < -0.3 is 9.55 Å². The number of anilines is 1. The van der Waals surface area contributed by atoms with Crippen molar-refractivity contribution in [2.75, 3.05) is 5.32 Å². The molecule has 0 saturated heterocycles. The SMILES string of the molecule is CCCn1c(NC(=O)CCCc2nc3ccccc3c(=O)[nH]2)nc2ccccc21. The molecule has 7 heteroatoms. The van der Waals surface area contributed by atoms with Gasteiger partial charge in [0.1, 0.15) is 5.82 Å². The van der Waals surface area contributed by atoms with Crippen molar-refractivity contribution in [2.24, 2.45) is 0 Å². The summed E-state index contributed by atoms with van der Waals surface area (Å²) in [4.78, 5) is 36.4. The topological polar surface area (TPSA) is 92.7 Å². The van der Waals surface area contributed by atoms with Crippen molar-refractivity contribution in [1.82, 2.24) is 19.5 Å². The van der Waals surface area contributed by atoms with Gasteiger partial charge in [0.05, 0.1) is 21.9 Å². The molecule has 0 aliphatic carbocycles. The Morgan fingerprint density at radius 2 is 1.83 bits per heavy atom. The lowest BCUT2D eigenvalue weighted by Crippen LogP contribution is -2.16. The van der Waals surface area contributed by atoms with Gasteiger partial charge in [0.2, 0.25) is 11.9 Å². The van der Waals surface area contributed by atoms with Gasteiger partial charge in [0.15, 0.2) is 0 Å². The first-order valence-corrected chi connectivity index (χ1v) is 9.89. The van der Waals surface area contributed by atoms with E-state index in [1.165, 1.54) is 0 Å². The zero-order valence-corrected chi connectivity index (χ0v) is 16.3. The molecule has 1 amide bonds. The fourth-order valence-electron chi connectivity index (χ4n) is 3.48. The number of H-pyrrole nitrogens is 1. The average molecular weight is 389 g/mol. The summed E-state index contributed by atoms with van der Waals surface area (Å²) >= 11 is 0. The molecular formula is C22H23N5O2. The standard InChI is InChI=1S/C22H23N5O2/c1-2-14-27-18-11-6-5-10-17(18)24-22(27)26-20(28)13-7-12-19-23-16-9-4-3-8-15(16)21(29)25-19/h3-6,8-11H,2,7,12-14H2,1H3,(H,23,25,29)(H,24,26,28). The van der Waals surface area contributed by atoms with Crippen molar-refractivity contribution in [1.29, 1.82) is 0 Å². The minimum atomic E-state index is -0.150. The first-order valence-electron chi connectivity index (χ1n) is 9.89. The van der Waals surface area contributed by atoms with Gasteiger partial charge >= 0.3 is 0 Å². The van der Waals surface area contributed by atoms with Crippen LogP contribution >= 0.6 is 0 Å². The number of aromatic nitrogens is 4. The van der Waals surface area contributed by atoms with Crippen molar-refractivity contribution in [2.45, 2.75) is 39.2 Å². The normalized spacial score (nSPS) is 11.2. The van der Waals surface area contributed by atoms with Gasteiger partial charge in [-0.2, -0.15) is 0 Å². The molecule has 0 radical (unpaired) electrons. The highest BCUT2D eigenvalue weighted by Crippen LogP contribution is 2.20. The molecule has 0 saturated carbocycles. The van der Waals surface area contributed by atoms with Gasteiger partial charge in [-0.3, -0.25) is 14.9 Å². The summed E-state index contributed by atoms with van der Waals surface area (Å²) in [6.07, 6.45) is 2.38. The van der Waals surface area contributed by atoms with E-state index in [9.17, 15) is 9.59 Å². The third kappa shape index (κ3) is 4.03. The van der Waals surface area contributed by atoms with E-state index >= 15 is 0 Å². The van der Waals surface area contributed by atoms with E-state index in [0.717, 1.165) is 24.0 Å². The minimum Gasteiger partial charge on any atom is -0.310 e. The maximum atomic E-state index is 12.5. The van der Waals surface area contributed by atoms with Gasteiger partial charge in [-0.1, -0.05) is 31.2 Å². The Morgan fingerprint density at radius 1 is 1.07 bits per heavy atom. The fourth-order valence-corrected chi connectivity index (χ4v) is 3.48. The first kappa shape index (κ1) is 18.9. The Bertz CT molecular complexity index is 1220. The summed E-state index contributed by atoms with van der Waals surface area (Å²) in [5.41, 5.74) is 2.41. The lowest BCUT2D eigenvalue weighted by Gasteiger charge is -2.09. The van der Waals surface area contributed by atoms with Gasteiger partial charge in [0, 0.05) is 19.4 Å². The molecule has 2 N–H and O–H groups in total. The Morgan fingerprint density at radius 3 is 2.66 bits per heavy atom. The quantitative estimate of drug-likeness (QED) is 0.505. The number of para-hydroxylation sites is 3. The third-order valence-electron chi connectivity index (χ3n) is 4.83. The van der Waals surface area contributed by atoms with Crippen molar-refractivity contribution < 1.29 is 4.79 Å². The molecular weight excluding hydrogens is 366 g/mol. The molecule has 0 bridgehead atoms. The largest absolute Gasteiger partial charge is 0.310 e. The Labute approximate surface area is 167 Å². The van der Waals surface area contributed by atoms with E-state index < -0.39 is 0 Å². The predicted octanol–water partition coefficient (Wildman–Crippen LogP) is 3.64. The molecule has 0 aliphatic heterocycles. The Hall–Kier alpha value is -3.48. The summed E-state index contributed by atoms with van der Waals surface area (Å²) in [5.74, 6) is 1.08. The van der Waals surface area contributed by atoms with Gasteiger partial charge in [-0.15, -0.1) is 0 Å². The van der Waals surface area contributed by atoms with Crippen LogP contribution in [0.2, 0.25) is 0 Å². The molecule has 0 spiro atoms. The molecule has 0 fully saturated rings. The maximum Gasteiger partial charge on any atom is 0.258 e. The summed E-state index contributed by atoms with van der Waals surface area (Å²) in [7, 11) is 0. The van der Waals surface area contributed by atoms with Gasteiger partial charge in [-0.25, -0.2) is 9.97 Å². The van der Waals surface area contributed by atoms with Crippen LogP contribution in [0.1, 0.15) is 32.0 Å². The lowest BCUT2D eigenvalue weighted by atomic mass is 10.2. The van der Waals surface area contributed by atoms with Crippen LogP contribution < -0.4 is 10.9 Å². The number of nitrogens with one attached hydrogen (secondary N) is 2. The second kappa shape index (κ2) is 8.26. The van der Waals surface area contributed by atoms with Crippen LogP contribution in [0, 0.1) is 0 Å². The zero-order valence-electron chi connectivity index (χ0n) is 16.3. The summed E-state index contributed by atoms with van der Waals surface area (Å²) < 4.78 is 2.04. The van der Waals surface area contributed by atoms with E-state index in [0.29, 0.717) is 41.9 Å². The number of carbonyl (C=O) groups is 1. The number of aromatic amines is 1. The van der Waals surface area contributed by atoms with Crippen molar-refractivity contribution in [3.8, 4) is 0 Å². The molecule has 29 heavy (non-hydrogen) atoms. The molecule has 148 valence electrons. The number of rotatable bonds is 7. The van der Waals surface area contributed by atoms with Crippen LogP contribution in [0.5, 0.6) is 0 Å².